The molecule has 0 aromatic rings. The zero-order valence-corrected chi connectivity index (χ0v) is 7.19. The molecule has 6 heteroatoms. The summed E-state index contributed by atoms with van der Waals surface area (Å²) in [5.41, 5.74) is 0. The quantitative estimate of drug-likeness (QED) is 0.321. The first-order valence-electron chi connectivity index (χ1n) is 3.53. The molecule has 0 amide bonds. The lowest BCUT2D eigenvalue weighted by atomic mass is 10.1. The number of hydrogen-bond acceptors (Lipinski definition) is 6. The lowest BCUT2D eigenvalue weighted by molar-refractivity contribution is -0.0589. The normalized spacial score (nSPS) is 48.2. The molecule has 1 saturated heterocycles. The van der Waals surface area contributed by atoms with Gasteiger partial charge in [0.05, 0.1) is 13.2 Å². The highest BCUT2D eigenvalue weighted by Gasteiger charge is 2.51. The van der Waals surface area contributed by atoms with Crippen molar-refractivity contribution in [2.24, 2.45) is 0 Å². The van der Waals surface area contributed by atoms with Gasteiger partial charge < -0.3 is 25.2 Å². The van der Waals surface area contributed by atoms with Crippen LogP contribution in [0.25, 0.3) is 0 Å². The Morgan fingerprint density at radius 2 is 1.92 bits per heavy atom. The lowest BCUT2D eigenvalue weighted by Crippen LogP contribution is -2.41. The summed E-state index contributed by atoms with van der Waals surface area (Å²) in [6.07, 6.45) is -3.38. The molecule has 0 spiro atoms. The van der Waals surface area contributed by atoms with Crippen LogP contribution in [0.2, 0.25) is 0 Å². The molecule has 1 rings (SSSR count). The average Bonchev–Trinajstić information content (AvgIpc) is 2.31. The molecule has 0 aromatic heterocycles. The van der Waals surface area contributed by atoms with Crippen molar-refractivity contribution in [2.45, 2.75) is 23.2 Å². The summed E-state index contributed by atoms with van der Waals surface area (Å²) in [6.45, 7) is -0.939. The summed E-state index contributed by atoms with van der Waals surface area (Å²) in [5.74, 6) is 0. The maximum Gasteiger partial charge on any atom is 0.162 e. The number of aliphatic hydroxyl groups excluding tert-OH is 4. The van der Waals surface area contributed by atoms with Crippen LogP contribution in [-0.2, 0) is 4.74 Å². The third-order valence-electron chi connectivity index (χ3n) is 1.93. The fraction of sp³-hybridized carbons (Fsp3) is 1.00. The minimum atomic E-state index is -1.47. The molecule has 12 heavy (non-hydrogen) atoms. The Labute approximate surface area is 75.0 Å². The molecule has 1 aliphatic heterocycles. The number of ether oxygens (including phenoxy) is 1. The monoisotopic (exact) mass is 196 g/mol. The van der Waals surface area contributed by atoms with Gasteiger partial charge in [-0.3, -0.25) is 0 Å². The van der Waals surface area contributed by atoms with Gasteiger partial charge in [0.1, 0.15) is 18.3 Å². The fourth-order valence-electron chi connectivity index (χ4n) is 1.15. The zero-order valence-electron chi connectivity index (χ0n) is 6.29. The predicted octanol–water partition coefficient (Wildman–Crippen LogP) is -2.28. The Morgan fingerprint density at radius 1 is 1.33 bits per heavy atom. The number of aliphatic hydroxyl groups is 4. The Kier molecular flexibility index (Phi) is 2.97. The molecule has 72 valence electrons. The van der Waals surface area contributed by atoms with E-state index in [0.29, 0.717) is 0 Å². The Bertz CT molecular complexity index is 166. The largest absolute Gasteiger partial charge is 0.394 e. The molecule has 0 bridgehead atoms. The molecule has 0 radical (unpaired) electrons. The van der Waals surface area contributed by atoms with Crippen molar-refractivity contribution in [1.82, 2.24) is 0 Å². The van der Waals surface area contributed by atoms with Gasteiger partial charge in [-0.15, -0.1) is 12.6 Å². The molecule has 4 atom stereocenters. The van der Waals surface area contributed by atoms with Crippen LogP contribution in [-0.4, -0.2) is 56.9 Å². The molecule has 0 saturated carbocycles. The molecule has 1 heterocycles. The van der Waals surface area contributed by atoms with E-state index in [1.54, 1.807) is 0 Å². The summed E-state index contributed by atoms with van der Waals surface area (Å²) < 4.78 is 4.94. The van der Waals surface area contributed by atoms with Gasteiger partial charge in [-0.2, -0.15) is 0 Å². The lowest BCUT2D eigenvalue weighted by Gasteiger charge is -2.23. The van der Waals surface area contributed by atoms with Crippen LogP contribution in [0.5, 0.6) is 0 Å². The van der Waals surface area contributed by atoms with E-state index in [9.17, 15) is 10.2 Å². The first-order valence-corrected chi connectivity index (χ1v) is 3.98. The van der Waals surface area contributed by atoms with E-state index >= 15 is 0 Å². The molecular formula is C6H12O5S. The molecule has 5 nitrogen and oxygen atoms in total. The summed E-state index contributed by atoms with van der Waals surface area (Å²) in [4.78, 5) is -1.47. The molecule has 1 fully saturated rings. The summed E-state index contributed by atoms with van der Waals surface area (Å²) in [7, 11) is 0. The second-order valence-electron chi connectivity index (χ2n) is 2.78. The predicted molar refractivity (Wildman–Crippen MR) is 42.8 cm³/mol. The Balaban J connectivity index is 2.72. The average molecular weight is 196 g/mol. The van der Waals surface area contributed by atoms with Gasteiger partial charge in [-0.25, -0.2) is 0 Å². The molecule has 0 aliphatic carbocycles. The maximum atomic E-state index is 9.30. The topological polar surface area (TPSA) is 90.2 Å². The summed E-state index contributed by atoms with van der Waals surface area (Å²) in [5, 5.41) is 36.0. The highest BCUT2D eigenvalue weighted by atomic mass is 32.1. The third kappa shape index (κ3) is 1.46. The number of thiol groups is 1. The number of rotatable bonds is 2. The molecule has 4 N–H and O–H groups in total. The van der Waals surface area contributed by atoms with Crippen molar-refractivity contribution in [3.05, 3.63) is 0 Å². The van der Waals surface area contributed by atoms with Crippen molar-refractivity contribution in [1.29, 1.82) is 0 Å². The number of hydrogen-bond donors (Lipinski definition) is 5. The van der Waals surface area contributed by atoms with E-state index in [0.717, 1.165) is 0 Å². The first-order chi connectivity index (χ1) is 5.55. The summed E-state index contributed by atoms with van der Waals surface area (Å²) in [6, 6.07) is 0. The van der Waals surface area contributed by atoms with E-state index in [-0.39, 0.29) is 0 Å². The second-order valence-corrected chi connectivity index (χ2v) is 3.53. The smallest absolute Gasteiger partial charge is 0.162 e. The highest BCUT2D eigenvalue weighted by molar-refractivity contribution is 7.81. The van der Waals surface area contributed by atoms with E-state index in [4.69, 9.17) is 14.9 Å². The minimum Gasteiger partial charge on any atom is -0.394 e. The Hall–Kier alpha value is 0.150. The highest BCUT2D eigenvalue weighted by Crippen LogP contribution is 2.33. The van der Waals surface area contributed by atoms with Crippen LogP contribution in [0.15, 0.2) is 0 Å². The SMILES string of the molecule is OC[C@H]1O[C@@](S)(CO)[C@@H](O)[C@@H]1O. The van der Waals surface area contributed by atoms with Gasteiger partial charge in [0.15, 0.2) is 4.93 Å². The van der Waals surface area contributed by atoms with E-state index in [2.05, 4.69) is 12.6 Å². The summed E-state index contributed by atoms with van der Waals surface area (Å²) >= 11 is 3.86. The molecule has 0 unspecified atom stereocenters. The van der Waals surface area contributed by atoms with Crippen LogP contribution >= 0.6 is 12.6 Å². The first kappa shape index (κ1) is 10.2. The molecule has 0 aromatic carbocycles. The van der Waals surface area contributed by atoms with E-state index in [1.165, 1.54) is 0 Å². The van der Waals surface area contributed by atoms with Gasteiger partial charge in [0.2, 0.25) is 0 Å². The standard InChI is InChI=1S/C6H12O5S/c7-1-3-4(9)5(10)6(12,2-8)11-3/h3-5,7-10,12H,1-2H2/t3-,4-,5+,6-/m1/s1. The van der Waals surface area contributed by atoms with E-state index in [1.807, 2.05) is 0 Å². The van der Waals surface area contributed by atoms with Crippen molar-refractivity contribution >= 4 is 12.6 Å². The van der Waals surface area contributed by atoms with Crippen LogP contribution in [0, 0.1) is 0 Å². The van der Waals surface area contributed by atoms with Crippen molar-refractivity contribution in [3.63, 3.8) is 0 Å². The third-order valence-corrected chi connectivity index (χ3v) is 2.44. The fourth-order valence-corrected chi connectivity index (χ4v) is 1.44. The van der Waals surface area contributed by atoms with Crippen LogP contribution in [0.4, 0.5) is 0 Å². The Morgan fingerprint density at radius 3 is 2.17 bits per heavy atom. The van der Waals surface area contributed by atoms with Gasteiger partial charge >= 0.3 is 0 Å². The van der Waals surface area contributed by atoms with Gasteiger partial charge in [-0.1, -0.05) is 0 Å². The van der Waals surface area contributed by atoms with Crippen LogP contribution < -0.4 is 0 Å². The molecule has 1 aliphatic rings. The zero-order chi connectivity index (χ0) is 9.35. The van der Waals surface area contributed by atoms with Crippen LogP contribution in [0.1, 0.15) is 0 Å². The van der Waals surface area contributed by atoms with Crippen molar-refractivity contribution in [2.75, 3.05) is 13.2 Å². The minimum absolute atomic E-state index is 0.416. The second kappa shape index (κ2) is 3.49. The van der Waals surface area contributed by atoms with E-state index < -0.39 is 36.5 Å². The van der Waals surface area contributed by atoms with Gasteiger partial charge in [0, 0.05) is 0 Å². The van der Waals surface area contributed by atoms with Crippen LogP contribution in [0.3, 0.4) is 0 Å². The van der Waals surface area contributed by atoms with Crippen molar-refractivity contribution in [3.8, 4) is 0 Å². The van der Waals surface area contributed by atoms with Gasteiger partial charge in [0.25, 0.3) is 0 Å². The maximum absolute atomic E-state index is 9.30. The molecular weight excluding hydrogens is 184 g/mol. The van der Waals surface area contributed by atoms with Crippen molar-refractivity contribution < 1.29 is 25.2 Å². The van der Waals surface area contributed by atoms with Gasteiger partial charge in [-0.05, 0) is 0 Å².